The number of benzene rings is 2. The van der Waals surface area contributed by atoms with Gasteiger partial charge in [-0.1, -0.05) is 43.3 Å². The van der Waals surface area contributed by atoms with E-state index in [2.05, 4.69) is 25.4 Å². The molecule has 0 unspecified atom stereocenters. The van der Waals surface area contributed by atoms with Crippen LogP contribution in [0.4, 0.5) is 24.5 Å². The van der Waals surface area contributed by atoms with Crippen molar-refractivity contribution in [3.05, 3.63) is 105 Å². The summed E-state index contributed by atoms with van der Waals surface area (Å²) in [4.78, 5) is 63.1. The van der Waals surface area contributed by atoms with Crippen molar-refractivity contribution in [3.8, 4) is 5.75 Å². The molecule has 8 rings (SSSR count). The van der Waals surface area contributed by atoms with Crippen LogP contribution in [0.2, 0.25) is 0 Å². The Kier molecular flexibility index (Phi) is 10.6. The smallest absolute Gasteiger partial charge is 0.417 e. The molecule has 1 saturated heterocycles. The van der Waals surface area contributed by atoms with Gasteiger partial charge in [-0.15, -0.1) is 16.4 Å². The highest BCUT2D eigenvalue weighted by Crippen LogP contribution is 2.39. The Morgan fingerprint density at radius 2 is 1.83 bits per heavy atom. The van der Waals surface area contributed by atoms with Crippen LogP contribution in [0.5, 0.6) is 5.75 Å². The average molecular weight is 815 g/mol. The number of hydrogen-bond acceptors (Lipinski definition) is 12. The summed E-state index contributed by atoms with van der Waals surface area (Å²) in [6.45, 7) is 5.33. The Morgan fingerprint density at radius 1 is 1.03 bits per heavy atom. The minimum atomic E-state index is -4.60. The number of alkyl halides is 3. The summed E-state index contributed by atoms with van der Waals surface area (Å²) in [5.41, 5.74) is 3.33. The summed E-state index contributed by atoms with van der Waals surface area (Å²) in [5, 5.41) is 7.34. The van der Waals surface area contributed by atoms with Gasteiger partial charge in [0.15, 0.2) is 17.3 Å². The van der Waals surface area contributed by atoms with E-state index in [1.165, 1.54) is 22.4 Å². The van der Waals surface area contributed by atoms with Crippen molar-refractivity contribution in [2.24, 2.45) is 0 Å². The number of carbonyl (C=O) groups excluding carboxylic acids is 2. The van der Waals surface area contributed by atoms with Gasteiger partial charge in [-0.3, -0.25) is 14.4 Å². The number of nitrogens with zero attached hydrogens (tertiary/aromatic N) is 9. The third kappa shape index (κ3) is 7.49. The first kappa shape index (κ1) is 38.7. The largest absolute Gasteiger partial charge is 0.485 e. The normalized spacial score (nSPS) is 14.9. The van der Waals surface area contributed by atoms with Crippen LogP contribution in [-0.2, 0) is 35.3 Å². The lowest BCUT2D eigenvalue weighted by molar-refractivity contribution is -0.136. The van der Waals surface area contributed by atoms with Crippen molar-refractivity contribution in [3.63, 3.8) is 0 Å². The molecule has 4 aromatic heterocycles. The summed E-state index contributed by atoms with van der Waals surface area (Å²) in [6, 6.07) is 11.7. The molecule has 6 aromatic rings. The summed E-state index contributed by atoms with van der Waals surface area (Å²) in [7, 11) is 0. The van der Waals surface area contributed by atoms with E-state index in [1.807, 2.05) is 48.2 Å². The predicted octanol–water partition coefficient (Wildman–Crippen LogP) is 5.16. The van der Waals surface area contributed by atoms with Gasteiger partial charge in [0.25, 0.3) is 11.5 Å². The summed E-state index contributed by atoms with van der Waals surface area (Å²) in [5.74, 6) is -0.161. The molecule has 2 aliphatic rings. The van der Waals surface area contributed by atoms with Crippen LogP contribution in [0.15, 0.2) is 65.2 Å². The van der Waals surface area contributed by atoms with Crippen molar-refractivity contribution in [1.29, 1.82) is 0 Å². The molecule has 2 amide bonds. The lowest BCUT2D eigenvalue weighted by atomic mass is 10.1. The molecule has 15 nitrogen and oxygen atoms in total. The highest BCUT2D eigenvalue weighted by molar-refractivity contribution is 7.17. The second-order valence-corrected chi connectivity index (χ2v) is 14.5. The predicted molar refractivity (Wildman–Crippen MR) is 209 cm³/mol. The van der Waals surface area contributed by atoms with Crippen LogP contribution in [-0.4, -0.2) is 90.2 Å². The highest BCUT2D eigenvalue weighted by Gasteiger charge is 2.35. The number of hydrogen-bond donors (Lipinski definition) is 1. The van der Waals surface area contributed by atoms with Crippen LogP contribution in [0, 0.1) is 6.92 Å². The van der Waals surface area contributed by atoms with Crippen LogP contribution in [0.25, 0.3) is 21.6 Å². The van der Waals surface area contributed by atoms with Gasteiger partial charge in [0, 0.05) is 26.2 Å². The third-order valence-electron chi connectivity index (χ3n) is 10.1. The molecule has 0 atom stereocenters. The van der Waals surface area contributed by atoms with E-state index < -0.39 is 23.2 Å². The Morgan fingerprint density at radius 3 is 2.55 bits per heavy atom. The molecule has 2 aliphatic heterocycles. The summed E-state index contributed by atoms with van der Waals surface area (Å²) in [6.07, 6.45) is -0.586. The monoisotopic (exact) mass is 814 g/mol. The van der Waals surface area contributed by atoms with Gasteiger partial charge >= 0.3 is 6.18 Å². The molecule has 0 aliphatic carbocycles. The van der Waals surface area contributed by atoms with Crippen molar-refractivity contribution >= 4 is 56.1 Å². The number of amides is 2. The Balaban J connectivity index is 1.09. The van der Waals surface area contributed by atoms with Gasteiger partial charge in [-0.25, -0.2) is 15.0 Å². The number of anilines is 2. The Hall–Kier alpha value is -6.21. The topological polar surface area (TPSA) is 162 Å². The second kappa shape index (κ2) is 16.0. The molecule has 2 aromatic carbocycles. The fourth-order valence-corrected chi connectivity index (χ4v) is 8.05. The molecule has 19 heteroatoms. The summed E-state index contributed by atoms with van der Waals surface area (Å²) < 4.78 is 55.4. The van der Waals surface area contributed by atoms with E-state index in [0.717, 1.165) is 28.5 Å². The number of piperazine rings is 1. The van der Waals surface area contributed by atoms with E-state index in [0.29, 0.717) is 54.7 Å². The maximum Gasteiger partial charge on any atom is 0.417 e. The van der Waals surface area contributed by atoms with Crippen molar-refractivity contribution in [2.45, 2.75) is 46.0 Å². The van der Waals surface area contributed by atoms with Gasteiger partial charge in [-0.05, 0) is 43.0 Å². The second-order valence-electron chi connectivity index (χ2n) is 13.7. The number of ether oxygens (including phenoxy) is 2. The van der Waals surface area contributed by atoms with Crippen molar-refractivity contribution < 1.29 is 32.2 Å². The zero-order valence-electron chi connectivity index (χ0n) is 31.5. The molecule has 6 heterocycles. The van der Waals surface area contributed by atoms with Gasteiger partial charge in [0.05, 0.1) is 46.1 Å². The van der Waals surface area contributed by atoms with Crippen LogP contribution in [0.1, 0.15) is 52.2 Å². The lowest BCUT2D eigenvalue weighted by Gasteiger charge is -2.36. The maximum atomic E-state index is 14.4. The zero-order valence-corrected chi connectivity index (χ0v) is 32.3. The minimum absolute atomic E-state index is 0.0188. The molecule has 1 fully saturated rings. The molecule has 1 N–H and O–H groups in total. The number of nitrogens with one attached hydrogen (secondary N) is 1. The van der Waals surface area contributed by atoms with Crippen molar-refractivity contribution in [2.75, 3.05) is 49.6 Å². The quantitative estimate of drug-likeness (QED) is 0.194. The fraction of sp³-hybridized carbons (Fsp3) is 0.333. The van der Waals surface area contributed by atoms with E-state index >= 15 is 0 Å². The van der Waals surface area contributed by atoms with E-state index in [9.17, 15) is 27.6 Å². The standard InChI is InChI=1S/C39H37F3N10O5S/c1-3-28-32(49-13-15-50(16-14-49)36(54)31-33(23(2)43-21-44-31)57-20-24-7-5-4-6-8-24)37(55)52-38(47-35(48-52)25-11-17-56-18-12-25)51(28)19-29(53)46-27-10-9-26(39(40,41)42)34-30(27)45-22-58-34/h4-11,21-22H,3,12-20H2,1-2H3,(H,46,53). The number of thiazole rings is 1. The van der Waals surface area contributed by atoms with Crippen LogP contribution < -0.4 is 20.5 Å². The SMILES string of the molecule is CCc1c(N2CCN(C(=O)c3ncnc(C)c3OCc3ccccc3)CC2)c(=O)n2nc(C3=CCOCC3)nc2n1CC(=O)Nc1ccc(C(F)(F)F)c2scnc12. The van der Waals surface area contributed by atoms with Crippen molar-refractivity contribution in [1.82, 2.24) is 39.0 Å². The highest BCUT2D eigenvalue weighted by atomic mass is 32.1. The molecule has 0 spiro atoms. The number of aryl methyl sites for hydroxylation is 1. The fourth-order valence-electron chi connectivity index (χ4n) is 7.20. The van der Waals surface area contributed by atoms with Crippen LogP contribution in [0.3, 0.4) is 0 Å². The van der Waals surface area contributed by atoms with Gasteiger partial charge in [0.1, 0.15) is 30.7 Å². The minimum Gasteiger partial charge on any atom is -0.485 e. The Bertz CT molecular complexity index is 2620. The Labute approximate surface area is 332 Å². The van der Waals surface area contributed by atoms with Crippen LogP contribution >= 0.6 is 11.3 Å². The van der Waals surface area contributed by atoms with Gasteiger partial charge in [-0.2, -0.15) is 22.7 Å². The molecule has 0 bridgehead atoms. The first-order chi connectivity index (χ1) is 28.0. The van der Waals surface area contributed by atoms with Gasteiger partial charge in [0.2, 0.25) is 11.7 Å². The first-order valence-corrected chi connectivity index (χ1v) is 19.4. The number of fused-ring (bicyclic) bond motifs is 2. The first-order valence-electron chi connectivity index (χ1n) is 18.6. The van der Waals surface area contributed by atoms with Gasteiger partial charge < -0.3 is 29.2 Å². The van der Waals surface area contributed by atoms with E-state index in [-0.39, 0.29) is 72.6 Å². The molecule has 300 valence electrons. The molecular formula is C39H37F3N10O5S. The summed E-state index contributed by atoms with van der Waals surface area (Å²) >= 11 is 0.832. The lowest BCUT2D eigenvalue weighted by Crippen LogP contribution is -2.51. The number of rotatable bonds is 10. The van der Waals surface area contributed by atoms with E-state index in [1.54, 1.807) is 16.4 Å². The van der Waals surface area contributed by atoms with E-state index in [4.69, 9.17) is 14.5 Å². The number of halogens is 3. The number of aromatic nitrogens is 7. The zero-order chi connectivity index (χ0) is 40.6. The molecule has 58 heavy (non-hydrogen) atoms. The molecule has 0 saturated carbocycles. The maximum absolute atomic E-state index is 14.4. The number of carbonyl (C=O) groups is 2. The third-order valence-corrected chi connectivity index (χ3v) is 10.9. The molecule has 0 radical (unpaired) electrons. The molecular weight excluding hydrogens is 778 g/mol. The average Bonchev–Trinajstić information content (AvgIpc) is 3.91.